The molecule has 0 unspecified atom stereocenters. The van der Waals surface area contributed by atoms with Crippen molar-refractivity contribution in [3.05, 3.63) is 0 Å². The molecule has 0 bridgehead atoms. The molecule has 0 aromatic carbocycles. The van der Waals surface area contributed by atoms with Crippen LogP contribution in [0.4, 0.5) is 0 Å². The predicted octanol–water partition coefficient (Wildman–Crippen LogP) is 3.60. The van der Waals surface area contributed by atoms with E-state index < -0.39 is 18.0 Å². The Morgan fingerprint density at radius 1 is 0.431 bits per heavy atom. The van der Waals surface area contributed by atoms with Crippen LogP contribution in [0.15, 0.2) is 0 Å². The van der Waals surface area contributed by atoms with Gasteiger partial charge in [0.15, 0.2) is 0 Å². The fourth-order valence-corrected chi connectivity index (χ4v) is 5.83. The van der Waals surface area contributed by atoms with E-state index in [2.05, 4.69) is 21.3 Å². The van der Waals surface area contributed by atoms with Crippen molar-refractivity contribution < 1.29 is 57.9 Å². The maximum atomic E-state index is 12.3. The van der Waals surface area contributed by atoms with Crippen LogP contribution >= 0.6 is 0 Å². The van der Waals surface area contributed by atoms with Crippen LogP contribution in [0.25, 0.3) is 0 Å². The molecule has 17 heteroatoms. The smallest absolute Gasteiger partial charge is 0.326 e. The zero-order valence-corrected chi connectivity index (χ0v) is 35.2. The Labute approximate surface area is 346 Å². The molecule has 0 rings (SSSR count). The molecule has 0 aliphatic heterocycles. The summed E-state index contributed by atoms with van der Waals surface area (Å²) in [5.74, 6) is -2.82. The van der Waals surface area contributed by atoms with E-state index in [1.807, 2.05) is 0 Å². The molecule has 8 N–H and O–H groups in total. The Morgan fingerprint density at radius 3 is 1.33 bits per heavy atom. The molecule has 0 aromatic rings. The number of nitrogens with one attached hydrogen (secondary N) is 4. The molecule has 0 saturated carbocycles. The molecule has 0 spiro atoms. The van der Waals surface area contributed by atoms with Crippen molar-refractivity contribution in [2.45, 2.75) is 147 Å². The van der Waals surface area contributed by atoms with Gasteiger partial charge in [-0.05, 0) is 45.1 Å². The van der Waals surface area contributed by atoms with Gasteiger partial charge in [0.2, 0.25) is 23.6 Å². The molecule has 0 aliphatic carbocycles. The van der Waals surface area contributed by atoms with Crippen molar-refractivity contribution in [1.82, 2.24) is 21.3 Å². The number of hydrogen-bond acceptors (Lipinski definition) is 11. The van der Waals surface area contributed by atoms with Gasteiger partial charge in [-0.15, -0.1) is 0 Å². The Kier molecular flexibility index (Phi) is 39.3. The van der Waals surface area contributed by atoms with Crippen molar-refractivity contribution in [3.63, 3.8) is 0 Å². The molecule has 0 fully saturated rings. The number of nitrogens with two attached hydrogens (primary N) is 1. The predicted molar refractivity (Wildman–Crippen MR) is 220 cm³/mol. The van der Waals surface area contributed by atoms with Gasteiger partial charge in [-0.1, -0.05) is 83.5 Å². The van der Waals surface area contributed by atoms with E-state index in [1.165, 1.54) is 44.9 Å². The number of unbranched alkanes of at least 4 members (excludes halogenated alkanes) is 15. The monoisotopic (exact) mass is 832 g/mol. The van der Waals surface area contributed by atoms with E-state index in [4.69, 9.17) is 29.8 Å². The Hall–Kier alpha value is -3.38. The molecule has 0 heterocycles. The van der Waals surface area contributed by atoms with Gasteiger partial charge in [0, 0.05) is 38.9 Å². The maximum Gasteiger partial charge on any atom is 0.326 e. The van der Waals surface area contributed by atoms with Crippen LogP contribution in [0.2, 0.25) is 0 Å². The highest BCUT2D eigenvalue weighted by atomic mass is 16.5. The minimum atomic E-state index is -1.12. The SMILES string of the molecule is NCCCCCNC(=O)COCCOCCNC(=O)COCCOCCNC(=O)CCC[C@H](NC(=O)CCCCCCCCCCCCCCCCC(=O)O)C(=O)O. The van der Waals surface area contributed by atoms with Gasteiger partial charge in [0.1, 0.15) is 19.3 Å². The minimum absolute atomic E-state index is 0.0275. The van der Waals surface area contributed by atoms with E-state index in [1.54, 1.807) is 0 Å². The number of rotatable bonds is 44. The lowest BCUT2D eigenvalue weighted by molar-refractivity contribution is -0.142. The second-order valence-corrected chi connectivity index (χ2v) is 14.4. The lowest BCUT2D eigenvalue weighted by Crippen LogP contribution is -2.40. The number of ether oxygens (including phenoxy) is 4. The Bertz CT molecular complexity index is 1070. The first-order valence-electron chi connectivity index (χ1n) is 21.7. The summed E-state index contributed by atoms with van der Waals surface area (Å²) in [4.78, 5) is 70.1. The molecule has 338 valence electrons. The summed E-state index contributed by atoms with van der Waals surface area (Å²) < 4.78 is 21.3. The number of carbonyl (C=O) groups is 6. The van der Waals surface area contributed by atoms with Crippen LogP contribution in [0.5, 0.6) is 0 Å². The average Bonchev–Trinajstić information content (AvgIpc) is 3.19. The van der Waals surface area contributed by atoms with Gasteiger partial charge < -0.3 is 56.2 Å². The summed E-state index contributed by atoms with van der Waals surface area (Å²) >= 11 is 0. The first kappa shape index (κ1) is 54.6. The lowest BCUT2D eigenvalue weighted by Gasteiger charge is -2.14. The highest BCUT2D eigenvalue weighted by Gasteiger charge is 2.19. The van der Waals surface area contributed by atoms with Crippen molar-refractivity contribution in [2.75, 3.05) is 79.0 Å². The Balaban J connectivity index is 3.62. The van der Waals surface area contributed by atoms with Crippen LogP contribution in [-0.4, -0.2) is 131 Å². The van der Waals surface area contributed by atoms with Gasteiger partial charge in [-0.2, -0.15) is 0 Å². The van der Waals surface area contributed by atoms with Crippen LogP contribution < -0.4 is 27.0 Å². The lowest BCUT2D eigenvalue weighted by atomic mass is 10.0. The third kappa shape index (κ3) is 40.8. The third-order valence-electron chi connectivity index (χ3n) is 9.12. The van der Waals surface area contributed by atoms with Gasteiger partial charge >= 0.3 is 11.9 Å². The van der Waals surface area contributed by atoms with Crippen molar-refractivity contribution in [3.8, 4) is 0 Å². The quantitative estimate of drug-likeness (QED) is 0.0434. The van der Waals surface area contributed by atoms with E-state index in [-0.39, 0.29) is 95.5 Å². The molecular formula is C41H77N5O12. The topological polar surface area (TPSA) is 254 Å². The van der Waals surface area contributed by atoms with Crippen LogP contribution in [0, 0.1) is 0 Å². The summed E-state index contributed by atoms with van der Waals surface area (Å²) in [6.07, 6.45) is 19.2. The highest BCUT2D eigenvalue weighted by molar-refractivity contribution is 5.83. The average molecular weight is 832 g/mol. The van der Waals surface area contributed by atoms with Crippen molar-refractivity contribution in [1.29, 1.82) is 0 Å². The molecular weight excluding hydrogens is 754 g/mol. The number of carbonyl (C=O) groups excluding carboxylic acids is 4. The fourth-order valence-electron chi connectivity index (χ4n) is 5.83. The zero-order chi connectivity index (χ0) is 42.7. The number of carboxylic acid groups (broad SMARTS) is 2. The zero-order valence-electron chi connectivity index (χ0n) is 35.2. The molecule has 4 amide bonds. The highest BCUT2D eigenvalue weighted by Crippen LogP contribution is 2.14. The van der Waals surface area contributed by atoms with Gasteiger partial charge in [-0.3, -0.25) is 24.0 Å². The Morgan fingerprint density at radius 2 is 0.845 bits per heavy atom. The van der Waals surface area contributed by atoms with E-state index in [0.717, 1.165) is 57.8 Å². The van der Waals surface area contributed by atoms with Gasteiger partial charge in [-0.25, -0.2) is 4.79 Å². The van der Waals surface area contributed by atoms with Gasteiger partial charge in [0.05, 0.1) is 39.6 Å². The van der Waals surface area contributed by atoms with E-state index >= 15 is 0 Å². The molecule has 0 aromatic heterocycles. The van der Waals surface area contributed by atoms with Crippen molar-refractivity contribution >= 4 is 35.6 Å². The number of aliphatic carboxylic acids is 2. The van der Waals surface area contributed by atoms with Crippen LogP contribution in [-0.2, 0) is 47.7 Å². The first-order valence-corrected chi connectivity index (χ1v) is 21.7. The van der Waals surface area contributed by atoms with E-state index in [9.17, 15) is 33.9 Å². The molecule has 0 aliphatic rings. The first-order chi connectivity index (χ1) is 28.1. The molecule has 58 heavy (non-hydrogen) atoms. The van der Waals surface area contributed by atoms with E-state index in [0.29, 0.717) is 45.7 Å². The normalized spacial score (nSPS) is 11.5. The number of carboxylic acids is 2. The summed E-state index contributed by atoms with van der Waals surface area (Å²) in [7, 11) is 0. The largest absolute Gasteiger partial charge is 0.481 e. The third-order valence-corrected chi connectivity index (χ3v) is 9.12. The summed E-state index contributed by atoms with van der Waals surface area (Å²) in [6.45, 7) is 3.21. The maximum absolute atomic E-state index is 12.3. The molecule has 1 atom stereocenters. The molecule has 17 nitrogen and oxygen atoms in total. The number of amides is 4. The van der Waals surface area contributed by atoms with Crippen LogP contribution in [0.3, 0.4) is 0 Å². The van der Waals surface area contributed by atoms with Crippen LogP contribution in [0.1, 0.15) is 141 Å². The second kappa shape index (κ2) is 41.8. The molecule has 0 saturated heterocycles. The summed E-state index contributed by atoms with van der Waals surface area (Å²) in [6, 6.07) is -1.03. The van der Waals surface area contributed by atoms with Crippen molar-refractivity contribution in [2.24, 2.45) is 5.73 Å². The number of hydrogen-bond donors (Lipinski definition) is 7. The summed E-state index contributed by atoms with van der Waals surface area (Å²) in [5, 5.41) is 28.9. The second-order valence-electron chi connectivity index (χ2n) is 14.4. The van der Waals surface area contributed by atoms with Gasteiger partial charge in [0.25, 0.3) is 0 Å². The standard InChI is InChI=1S/C41H77N5O12/c42-23-16-13-17-24-43-38(49)33-57-31-30-56-28-26-45-39(50)34-58-32-29-55-27-25-44-36(47)21-18-19-35(41(53)54)46-37(48)20-14-11-9-7-5-3-1-2-4-6-8-10-12-15-22-40(51)52/h35H,1-34,42H2,(H,43,49)(H,44,47)(H,45,50)(H,46,48)(H,51,52)(H,53,54)/t35-/m0/s1. The fraction of sp³-hybridized carbons (Fsp3) is 0.854. The minimum Gasteiger partial charge on any atom is -0.481 e. The summed E-state index contributed by atoms with van der Waals surface area (Å²) in [5.41, 5.74) is 5.43. The molecule has 0 radical (unpaired) electrons.